The largest absolute Gasteiger partial charge is 0.493 e. The smallest absolute Gasteiger partial charge is 0.312 e. The molecule has 1 fully saturated rings. The summed E-state index contributed by atoms with van der Waals surface area (Å²) in [6.45, 7) is 6.83. The van der Waals surface area contributed by atoms with Crippen LogP contribution in [0.2, 0.25) is 10.0 Å². The van der Waals surface area contributed by atoms with E-state index in [-0.39, 0.29) is 6.04 Å². The van der Waals surface area contributed by atoms with Crippen LogP contribution in [0.1, 0.15) is 37.8 Å². The van der Waals surface area contributed by atoms with Crippen LogP contribution in [0, 0.1) is 5.92 Å². The number of amides is 2. The first-order valence-corrected chi connectivity index (χ1v) is 13.3. The van der Waals surface area contributed by atoms with E-state index in [1.165, 1.54) is 5.56 Å². The van der Waals surface area contributed by atoms with E-state index >= 15 is 0 Å². The fourth-order valence-corrected chi connectivity index (χ4v) is 5.98. The van der Waals surface area contributed by atoms with E-state index in [2.05, 4.69) is 32.3 Å². The van der Waals surface area contributed by atoms with E-state index in [1.54, 1.807) is 21.3 Å². The van der Waals surface area contributed by atoms with Gasteiger partial charge < -0.3 is 29.7 Å². The summed E-state index contributed by atoms with van der Waals surface area (Å²) < 4.78 is 17.7. The molecule has 3 N–H and O–H groups in total. The quantitative estimate of drug-likeness (QED) is 0.385. The fourth-order valence-electron chi connectivity index (χ4n) is 5.66. The van der Waals surface area contributed by atoms with Crippen LogP contribution < -0.4 is 25.3 Å². The molecule has 2 unspecified atom stereocenters. The highest BCUT2D eigenvalue weighted by molar-refractivity contribution is 6.42. The van der Waals surface area contributed by atoms with Gasteiger partial charge in [0.15, 0.2) is 11.5 Å². The third-order valence-electron chi connectivity index (χ3n) is 8.42. The Morgan fingerprint density at radius 3 is 2.16 bits per heavy atom. The number of ether oxygens (including phenoxy) is 3. The Morgan fingerprint density at radius 2 is 1.68 bits per heavy atom. The molecule has 0 aliphatic carbocycles. The molecule has 1 aliphatic heterocycles. The molecular weight excluding hydrogens is 513 g/mol. The Balaban J connectivity index is 1.88. The van der Waals surface area contributed by atoms with Gasteiger partial charge in [-0.2, -0.15) is 0 Å². The van der Waals surface area contributed by atoms with Crippen molar-refractivity contribution in [2.75, 3.05) is 48.0 Å². The topological polar surface area (TPSA) is 82.8 Å². The number of hydrogen-bond acceptors (Lipinski definition) is 4. The van der Waals surface area contributed by atoms with E-state index in [0.29, 0.717) is 39.8 Å². The van der Waals surface area contributed by atoms with Crippen molar-refractivity contribution in [1.82, 2.24) is 5.32 Å². The van der Waals surface area contributed by atoms with Gasteiger partial charge >= 0.3 is 6.03 Å². The first-order valence-electron chi connectivity index (χ1n) is 12.6. The number of nitrogens with two attached hydrogens (primary N) is 1. The van der Waals surface area contributed by atoms with E-state index in [1.807, 2.05) is 24.3 Å². The van der Waals surface area contributed by atoms with E-state index in [9.17, 15) is 4.79 Å². The molecule has 0 saturated carbocycles. The number of piperidine rings is 1. The van der Waals surface area contributed by atoms with Crippen LogP contribution in [0.4, 0.5) is 4.79 Å². The van der Waals surface area contributed by atoms with Crippen LogP contribution in [0.3, 0.4) is 0 Å². The highest BCUT2D eigenvalue weighted by atomic mass is 35.5. The Hall–Kier alpha value is -2.35. The number of likely N-dealkylation sites (N-methyl/N-ethyl adjacent to an activating group) is 1. The molecule has 1 aliphatic rings. The number of urea groups is 1. The van der Waals surface area contributed by atoms with Crippen molar-refractivity contribution in [2.45, 2.75) is 44.6 Å². The second-order valence-corrected chi connectivity index (χ2v) is 11.4. The van der Waals surface area contributed by atoms with E-state index in [4.69, 9.17) is 43.1 Å². The molecule has 0 spiro atoms. The monoisotopic (exact) mass is 552 g/mol. The number of hydrogen-bond donors (Lipinski definition) is 2. The van der Waals surface area contributed by atoms with Gasteiger partial charge in [0.05, 0.1) is 63.0 Å². The minimum atomic E-state index is -0.547. The highest BCUT2D eigenvalue weighted by Gasteiger charge is 2.47. The lowest BCUT2D eigenvalue weighted by Gasteiger charge is -2.51. The Bertz CT molecular complexity index is 1080. The van der Waals surface area contributed by atoms with Crippen molar-refractivity contribution in [2.24, 2.45) is 11.7 Å². The summed E-state index contributed by atoms with van der Waals surface area (Å²) in [5.41, 5.74) is 7.26. The average Bonchev–Trinajstić information content (AvgIpc) is 2.89. The van der Waals surface area contributed by atoms with Gasteiger partial charge in [-0.1, -0.05) is 29.3 Å². The zero-order valence-electron chi connectivity index (χ0n) is 22.7. The number of primary amides is 1. The molecule has 1 heterocycles. The number of nitrogens with zero attached hydrogens (tertiary/aromatic N) is 1. The summed E-state index contributed by atoms with van der Waals surface area (Å²) in [5.74, 6) is 2.27. The molecule has 2 amide bonds. The van der Waals surface area contributed by atoms with Crippen molar-refractivity contribution in [3.05, 3.63) is 51.5 Å². The first kappa shape index (κ1) is 29.2. The lowest BCUT2D eigenvalue weighted by Crippen LogP contribution is -2.64. The van der Waals surface area contributed by atoms with Gasteiger partial charge in [-0.3, -0.25) is 0 Å². The van der Waals surface area contributed by atoms with Crippen molar-refractivity contribution < 1.29 is 23.5 Å². The number of carbonyl (C=O) groups excluding carboxylic acids is 1. The van der Waals surface area contributed by atoms with Crippen LogP contribution in [0.5, 0.6) is 17.2 Å². The third-order valence-corrected chi connectivity index (χ3v) is 9.15. The number of likely N-dealkylation sites (tertiary alicyclic amines) is 1. The Morgan fingerprint density at radius 1 is 1.08 bits per heavy atom. The van der Waals surface area contributed by atoms with Crippen molar-refractivity contribution in [3.8, 4) is 17.2 Å². The van der Waals surface area contributed by atoms with Gasteiger partial charge in [-0.15, -0.1) is 0 Å². The minimum Gasteiger partial charge on any atom is -0.493 e. The fraction of sp³-hybridized carbons (Fsp3) is 0.536. The molecule has 2 aromatic rings. The molecule has 7 nitrogen and oxygen atoms in total. The maximum absolute atomic E-state index is 11.8. The van der Waals surface area contributed by atoms with Gasteiger partial charge in [0.25, 0.3) is 0 Å². The summed E-state index contributed by atoms with van der Waals surface area (Å²) >= 11 is 12.3. The van der Waals surface area contributed by atoms with Gasteiger partial charge in [-0.25, -0.2) is 4.79 Å². The van der Waals surface area contributed by atoms with Crippen LogP contribution in [0.15, 0.2) is 30.3 Å². The lowest BCUT2D eigenvalue weighted by molar-refractivity contribution is -0.941. The summed E-state index contributed by atoms with van der Waals surface area (Å²) in [5, 5.41) is 4.06. The summed E-state index contributed by atoms with van der Waals surface area (Å²) in [4.78, 5) is 11.8. The second kappa shape index (κ2) is 12.0. The predicted molar refractivity (Wildman–Crippen MR) is 149 cm³/mol. The second-order valence-electron chi connectivity index (χ2n) is 10.5. The average molecular weight is 554 g/mol. The maximum Gasteiger partial charge on any atom is 0.312 e. The molecule has 0 bridgehead atoms. The van der Waals surface area contributed by atoms with Crippen molar-refractivity contribution in [3.63, 3.8) is 0 Å². The minimum absolute atomic E-state index is 0.146. The molecule has 0 radical (unpaired) electrons. The standard InChI is InChI=1S/C28H39Cl2N3O4/c1-18(33(3)11-9-19(10-12-33)13-20-7-8-22(29)23(30)14-20)28(2,17-32-27(31)34)21-15-24(35-4)26(37-6)25(16-21)36-5/h7-8,14-16,18-19H,9-13,17H2,1-6H3,(H2-,31,32,34)/p+1. The van der Waals surface area contributed by atoms with Crippen LogP contribution >= 0.6 is 23.2 Å². The molecule has 0 aromatic heterocycles. The number of benzene rings is 2. The number of nitrogens with one attached hydrogen (secondary N) is 1. The molecule has 37 heavy (non-hydrogen) atoms. The van der Waals surface area contributed by atoms with Crippen LogP contribution in [-0.4, -0.2) is 64.6 Å². The zero-order chi connectivity index (χ0) is 27.4. The van der Waals surface area contributed by atoms with Crippen LogP contribution in [-0.2, 0) is 11.8 Å². The molecule has 2 aromatic carbocycles. The molecule has 1 saturated heterocycles. The first-order chi connectivity index (χ1) is 17.5. The number of halogens is 2. The van der Waals surface area contributed by atoms with Crippen molar-refractivity contribution >= 4 is 29.2 Å². The number of methoxy groups -OCH3 is 3. The van der Waals surface area contributed by atoms with Gasteiger partial charge in [0.1, 0.15) is 0 Å². The lowest BCUT2D eigenvalue weighted by atomic mass is 9.73. The number of carbonyl (C=O) groups is 1. The van der Waals surface area contributed by atoms with Crippen LogP contribution in [0.25, 0.3) is 0 Å². The molecule has 2 atom stereocenters. The van der Waals surface area contributed by atoms with Crippen molar-refractivity contribution in [1.29, 1.82) is 0 Å². The molecule has 3 rings (SSSR count). The van der Waals surface area contributed by atoms with Gasteiger partial charge in [-0.05, 0) is 74.4 Å². The van der Waals surface area contributed by atoms with Gasteiger partial charge in [0.2, 0.25) is 5.75 Å². The summed E-state index contributed by atoms with van der Waals surface area (Å²) in [7, 11) is 7.11. The number of quaternary nitrogens is 1. The Labute approximate surface area is 230 Å². The van der Waals surface area contributed by atoms with E-state index < -0.39 is 11.4 Å². The normalized spacial score (nSPS) is 22.0. The van der Waals surface area contributed by atoms with E-state index in [0.717, 1.165) is 42.4 Å². The maximum atomic E-state index is 11.8. The summed E-state index contributed by atoms with van der Waals surface area (Å²) in [6, 6.07) is 9.47. The highest BCUT2D eigenvalue weighted by Crippen LogP contribution is 2.44. The molecular formula is C28H40Cl2N3O4+. The molecule has 9 heteroatoms. The van der Waals surface area contributed by atoms with Gasteiger partial charge in [0, 0.05) is 6.54 Å². The zero-order valence-corrected chi connectivity index (χ0v) is 24.2. The molecule has 204 valence electrons. The summed E-state index contributed by atoms with van der Waals surface area (Å²) in [6.07, 6.45) is 3.17. The Kier molecular flexibility index (Phi) is 9.48. The predicted octanol–water partition coefficient (Wildman–Crippen LogP) is 5.43. The third kappa shape index (κ3) is 6.39. The number of rotatable bonds is 10. The SMILES string of the molecule is COc1cc(C(C)(CNC(N)=O)C(C)[N+]2(C)CCC(Cc3ccc(Cl)c(Cl)c3)CC2)cc(OC)c1OC.